The van der Waals surface area contributed by atoms with Gasteiger partial charge >= 0.3 is 0 Å². The molecule has 2 N–H and O–H groups in total. The molecule has 7 heavy (non-hydrogen) atoms. The van der Waals surface area contributed by atoms with Crippen molar-refractivity contribution in [1.82, 2.24) is 0 Å². The lowest BCUT2D eigenvalue weighted by Gasteiger charge is -1.97. The van der Waals surface area contributed by atoms with E-state index in [0.717, 1.165) is 5.75 Å². The Bertz CT molecular complexity index is 117. The molecule has 0 unspecified atom stereocenters. The van der Waals surface area contributed by atoms with E-state index < -0.39 is 0 Å². The lowest BCUT2D eigenvalue weighted by molar-refractivity contribution is 1.49. The first kappa shape index (κ1) is 4.71. The zero-order valence-corrected chi connectivity index (χ0v) is 4.61. The predicted octanol–water partition coefficient (Wildman–Crippen LogP) is 0.562. The summed E-state index contributed by atoms with van der Waals surface area (Å²) >= 11 is 1.56. The quantitative estimate of drug-likeness (QED) is 0.499. The van der Waals surface area contributed by atoms with Crippen molar-refractivity contribution >= 4 is 16.9 Å². The fourth-order valence-corrected chi connectivity index (χ4v) is 0.828. The molecule has 0 aliphatic carbocycles. The van der Waals surface area contributed by atoms with Crippen molar-refractivity contribution in [3.05, 3.63) is 12.3 Å². The predicted molar refractivity (Wildman–Crippen MR) is 33.2 cm³/mol. The molecule has 0 fully saturated rings. The van der Waals surface area contributed by atoms with E-state index in [1.54, 1.807) is 18.0 Å². The molecule has 0 bridgehead atoms. The van der Waals surface area contributed by atoms with Crippen LogP contribution in [0, 0.1) is 0 Å². The van der Waals surface area contributed by atoms with E-state index in [1.807, 2.05) is 6.08 Å². The third-order valence-electron chi connectivity index (χ3n) is 0.635. The molecule has 0 aromatic rings. The van der Waals surface area contributed by atoms with Gasteiger partial charge in [0.2, 0.25) is 0 Å². The van der Waals surface area contributed by atoms with Crippen molar-refractivity contribution < 1.29 is 0 Å². The monoisotopic (exact) mass is 114 g/mol. The highest BCUT2D eigenvalue weighted by Gasteiger charge is 1.91. The number of hydrogen-bond acceptors (Lipinski definition) is 3. The number of nitrogens with zero attached hydrogens (tertiary/aromatic N) is 1. The van der Waals surface area contributed by atoms with Crippen LogP contribution >= 0.6 is 11.8 Å². The van der Waals surface area contributed by atoms with Gasteiger partial charge in [0, 0.05) is 12.0 Å². The van der Waals surface area contributed by atoms with Crippen molar-refractivity contribution in [1.29, 1.82) is 0 Å². The second-order valence-electron chi connectivity index (χ2n) is 1.16. The van der Waals surface area contributed by atoms with Gasteiger partial charge in [0.25, 0.3) is 0 Å². The van der Waals surface area contributed by atoms with Crippen LogP contribution in [0.4, 0.5) is 0 Å². The van der Waals surface area contributed by atoms with Gasteiger partial charge in [0.05, 0.1) is 0 Å². The van der Waals surface area contributed by atoms with Crippen molar-refractivity contribution in [2.24, 2.45) is 10.7 Å². The van der Waals surface area contributed by atoms with Gasteiger partial charge in [-0.1, -0.05) is 17.8 Å². The van der Waals surface area contributed by atoms with Crippen molar-refractivity contribution in [2.45, 2.75) is 0 Å². The third-order valence-corrected chi connectivity index (χ3v) is 1.39. The minimum atomic E-state index is 0.669. The molecule has 38 valence electrons. The first-order chi connectivity index (χ1) is 3.39. The van der Waals surface area contributed by atoms with Crippen LogP contribution in [-0.2, 0) is 0 Å². The molecule has 0 aromatic carbocycles. The summed E-state index contributed by atoms with van der Waals surface area (Å²) in [5.74, 6) is 0.968. The van der Waals surface area contributed by atoms with Crippen molar-refractivity contribution in [2.75, 3.05) is 5.75 Å². The van der Waals surface area contributed by atoms with Gasteiger partial charge in [-0.15, -0.1) is 0 Å². The largest absolute Gasteiger partial charge is 0.378 e. The lowest BCUT2D eigenvalue weighted by atomic mass is 10.7. The Hall–Kier alpha value is -0.440. The minimum absolute atomic E-state index is 0.669. The maximum atomic E-state index is 5.30. The van der Waals surface area contributed by atoms with E-state index in [9.17, 15) is 0 Å². The van der Waals surface area contributed by atoms with Crippen LogP contribution in [0.2, 0.25) is 0 Å². The molecule has 0 aromatic heterocycles. The first-order valence-electron chi connectivity index (χ1n) is 2.00. The molecule has 1 rings (SSSR count). The molecule has 0 radical (unpaired) electrons. The van der Waals surface area contributed by atoms with Crippen LogP contribution in [0.3, 0.4) is 0 Å². The molecule has 2 nitrogen and oxygen atoms in total. The molecular weight excluding hydrogens is 108 g/mol. The normalized spacial score (nSPS) is 19.1. The molecule has 1 aliphatic heterocycles. The number of amidine groups is 1. The van der Waals surface area contributed by atoms with Gasteiger partial charge in [-0.05, 0) is 0 Å². The second-order valence-corrected chi connectivity index (χ2v) is 2.20. The zero-order chi connectivity index (χ0) is 5.11. The van der Waals surface area contributed by atoms with Crippen LogP contribution in [0.15, 0.2) is 17.3 Å². The van der Waals surface area contributed by atoms with Gasteiger partial charge in [-0.2, -0.15) is 0 Å². The van der Waals surface area contributed by atoms with E-state index in [2.05, 4.69) is 4.99 Å². The van der Waals surface area contributed by atoms with Crippen molar-refractivity contribution in [3.8, 4) is 0 Å². The smallest absolute Gasteiger partial charge is 0.158 e. The van der Waals surface area contributed by atoms with E-state index in [1.165, 1.54) is 0 Å². The van der Waals surface area contributed by atoms with E-state index in [-0.39, 0.29) is 0 Å². The Labute approximate surface area is 46.5 Å². The van der Waals surface area contributed by atoms with Gasteiger partial charge in [0.15, 0.2) is 5.17 Å². The van der Waals surface area contributed by atoms with Crippen LogP contribution in [0.5, 0.6) is 0 Å². The Morgan fingerprint density at radius 1 is 1.86 bits per heavy atom. The zero-order valence-electron chi connectivity index (χ0n) is 3.79. The molecule has 0 atom stereocenters. The number of nitrogens with two attached hydrogens (primary N) is 1. The summed E-state index contributed by atoms with van der Waals surface area (Å²) in [4.78, 5) is 3.81. The highest BCUT2D eigenvalue weighted by Crippen LogP contribution is 2.04. The third kappa shape index (κ3) is 1.23. The number of thioether (sulfide) groups is 1. The number of rotatable bonds is 0. The summed E-state index contributed by atoms with van der Waals surface area (Å²) < 4.78 is 0. The number of aliphatic imine (C=N–C) groups is 1. The van der Waals surface area contributed by atoms with Gasteiger partial charge in [-0.25, -0.2) is 4.99 Å². The summed E-state index contributed by atoms with van der Waals surface area (Å²) in [6, 6.07) is 0. The fraction of sp³-hybridized carbons (Fsp3) is 0.250. The summed E-state index contributed by atoms with van der Waals surface area (Å²) in [5, 5.41) is 0.669. The Morgan fingerprint density at radius 3 is 3.00 bits per heavy atom. The Balaban J connectivity index is 2.57. The van der Waals surface area contributed by atoms with E-state index in [4.69, 9.17) is 5.73 Å². The standard InChI is InChI=1S/C4H6N2S/c5-4-6-2-1-3-7-4/h1-2H,3H2,(H2,5,6). The molecule has 0 spiro atoms. The van der Waals surface area contributed by atoms with Crippen LogP contribution in [0.1, 0.15) is 0 Å². The maximum absolute atomic E-state index is 5.30. The van der Waals surface area contributed by atoms with Gasteiger partial charge in [0.1, 0.15) is 0 Å². The molecule has 1 aliphatic rings. The molecule has 1 heterocycles. The van der Waals surface area contributed by atoms with E-state index >= 15 is 0 Å². The summed E-state index contributed by atoms with van der Waals surface area (Å²) in [6.45, 7) is 0. The van der Waals surface area contributed by atoms with Gasteiger partial charge < -0.3 is 5.73 Å². The second kappa shape index (κ2) is 2.02. The molecule has 0 amide bonds. The average molecular weight is 114 g/mol. The molecular formula is C4H6N2S. The average Bonchev–Trinajstić information content (AvgIpc) is 1.69. The van der Waals surface area contributed by atoms with Crippen LogP contribution < -0.4 is 5.73 Å². The topological polar surface area (TPSA) is 38.4 Å². The Morgan fingerprint density at radius 2 is 2.71 bits per heavy atom. The van der Waals surface area contributed by atoms with Crippen LogP contribution in [-0.4, -0.2) is 10.9 Å². The molecule has 0 saturated carbocycles. The fourth-order valence-electron chi connectivity index (χ4n) is 0.340. The van der Waals surface area contributed by atoms with Gasteiger partial charge in [-0.3, -0.25) is 0 Å². The minimum Gasteiger partial charge on any atom is -0.378 e. The molecule has 0 saturated heterocycles. The summed E-state index contributed by atoms with van der Waals surface area (Å²) in [7, 11) is 0. The lowest BCUT2D eigenvalue weighted by Crippen LogP contribution is -2.07. The summed E-state index contributed by atoms with van der Waals surface area (Å²) in [5.41, 5.74) is 5.30. The summed E-state index contributed by atoms with van der Waals surface area (Å²) in [6.07, 6.45) is 3.70. The highest BCUT2D eigenvalue weighted by molar-refractivity contribution is 8.13. The SMILES string of the molecule is NC1=NC=CCS1. The van der Waals surface area contributed by atoms with Crippen LogP contribution in [0.25, 0.3) is 0 Å². The van der Waals surface area contributed by atoms with E-state index in [0.29, 0.717) is 5.17 Å². The highest BCUT2D eigenvalue weighted by atomic mass is 32.2. The van der Waals surface area contributed by atoms with Crippen molar-refractivity contribution in [3.63, 3.8) is 0 Å². The molecule has 3 heteroatoms. The Kier molecular flexibility index (Phi) is 1.36. The maximum Gasteiger partial charge on any atom is 0.158 e. The number of hydrogen-bond donors (Lipinski definition) is 1. The first-order valence-corrected chi connectivity index (χ1v) is 2.99.